The largest absolute Gasteiger partial charge is 0.478 e. The Labute approximate surface area is 117 Å². The molecule has 1 aliphatic carbocycles. The Morgan fingerprint density at radius 2 is 1.90 bits per heavy atom. The molecule has 1 saturated carbocycles. The average Bonchev–Trinajstić information content (AvgIpc) is 2.44. The number of nitrogens with one attached hydrogen (secondary N) is 1. The summed E-state index contributed by atoms with van der Waals surface area (Å²) in [5.41, 5.74) is -0.588. The molecule has 1 fully saturated rings. The summed E-state index contributed by atoms with van der Waals surface area (Å²) in [6.45, 7) is 2.16. The van der Waals surface area contributed by atoms with E-state index >= 15 is 0 Å². The Bertz CT molecular complexity index is 497. The minimum absolute atomic E-state index is 0.0486. The van der Waals surface area contributed by atoms with Crippen molar-refractivity contribution in [2.45, 2.75) is 45.1 Å². The maximum atomic E-state index is 13.8. The number of rotatable bonds is 4. The van der Waals surface area contributed by atoms with Crippen molar-refractivity contribution >= 4 is 11.7 Å². The quantitative estimate of drug-likeness (QED) is 0.876. The lowest BCUT2D eigenvalue weighted by molar-refractivity contribution is 0.0690. The summed E-state index contributed by atoms with van der Waals surface area (Å²) in [6.07, 6.45) is 5.19. The van der Waals surface area contributed by atoms with E-state index in [1.54, 1.807) is 0 Å². The van der Waals surface area contributed by atoms with Gasteiger partial charge in [0.2, 0.25) is 0 Å². The minimum Gasteiger partial charge on any atom is -0.478 e. The highest BCUT2D eigenvalue weighted by atomic mass is 19.2. The highest BCUT2D eigenvalue weighted by molar-refractivity contribution is 5.88. The summed E-state index contributed by atoms with van der Waals surface area (Å²) < 4.78 is 27.4. The van der Waals surface area contributed by atoms with Crippen LogP contribution in [0.4, 0.5) is 14.5 Å². The van der Waals surface area contributed by atoms with Gasteiger partial charge in [-0.1, -0.05) is 13.3 Å². The molecule has 0 aliphatic heterocycles. The smallest absolute Gasteiger partial charge is 0.338 e. The van der Waals surface area contributed by atoms with Gasteiger partial charge in [0.15, 0.2) is 11.6 Å². The summed E-state index contributed by atoms with van der Waals surface area (Å²) in [5, 5.41) is 11.7. The van der Waals surface area contributed by atoms with Gasteiger partial charge >= 0.3 is 5.97 Å². The maximum Gasteiger partial charge on any atom is 0.338 e. The molecule has 1 aromatic carbocycles. The number of carboxylic acids is 1. The molecule has 0 spiro atoms. The molecule has 2 N–H and O–H groups in total. The molecule has 5 heteroatoms. The van der Waals surface area contributed by atoms with E-state index in [1.165, 1.54) is 6.07 Å². The van der Waals surface area contributed by atoms with E-state index in [9.17, 15) is 13.6 Å². The summed E-state index contributed by atoms with van der Waals surface area (Å²) in [7, 11) is 0. The van der Waals surface area contributed by atoms with Crippen molar-refractivity contribution in [2.75, 3.05) is 5.32 Å². The summed E-state index contributed by atoms with van der Waals surface area (Å²) >= 11 is 0. The van der Waals surface area contributed by atoms with Gasteiger partial charge in [0.05, 0.1) is 11.3 Å². The molecule has 0 heterocycles. The van der Waals surface area contributed by atoms with E-state index < -0.39 is 23.2 Å². The molecule has 2 rings (SSSR count). The van der Waals surface area contributed by atoms with Crippen LogP contribution in [0.2, 0.25) is 0 Å². The van der Waals surface area contributed by atoms with Gasteiger partial charge in [-0.25, -0.2) is 13.6 Å². The zero-order valence-corrected chi connectivity index (χ0v) is 11.5. The Hall–Kier alpha value is -1.65. The summed E-state index contributed by atoms with van der Waals surface area (Å²) in [4.78, 5) is 10.7. The van der Waals surface area contributed by atoms with Gasteiger partial charge in [0, 0.05) is 6.04 Å². The van der Waals surface area contributed by atoms with E-state index in [0.717, 1.165) is 44.1 Å². The third kappa shape index (κ3) is 3.08. The third-order valence-corrected chi connectivity index (χ3v) is 4.10. The fraction of sp³-hybridized carbons (Fsp3) is 0.533. The molecular formula is C15H19F2NO2. The standard InChI is InChI=1S/C15H19F2NO2/c1-2-9-3-5-10(6-4-9)18-12-8-7-11(15(19)20)13(16)14(12)17/h7-10,18H,2-6H2,1H3,(H,19,20). The lowest BCUT2D eigenvalue weighted by Crippen LogP contribution is -2.26. The molecular weight excluding hydrogens is 264 g/mol. The fourth-order valence-corrected chi connectivity index (χ4v) is 2.76. The van der Waals surface area contributed by atoms with Crippen molar-refractivity contribution in [3.63, 3.8) is 0 Å². The minimum atomic E-state index is -1.46. The van der Waals surface area contributed by atoms with Crippen LogP contribution in [0.3, 0.4) is 0 Å². The first kappa shape index (κ1) is 14.8. The lowest BCUT2D eigenvalue weighted by Gasteiger charge is -2.29. The maximum absolute atomic E-state index is 13.8. The zero-order chi connectivity index (χ0) is 14.7. The topological polar surface area (TPSA) is 49.3 Å². The van der Waals surface area contributed by atoms with Crippen molar-refractivity contribution in [1.29, 1.82) is 0 Å². The predicted octanol–water partition coefficient (Wildman–Crippen LogP) is 4.04. The van der Waals surface area contributed by atoms with Gasteiger partial charge in [-0.2, -0.15) is 0 Å². The third-order valence-electron chi connectivity index (χ3n) is 4.10. The molecule has 0 radical (unpaired) electrons. The second kappa shape index (κ2) is 6.20. The Kier molecular flexibility index (Phi) is 4.57. The van der Waals surface area contributed by atoms with Crippen LogP contribution in [0, 0.1) is 17.6 Å². The SMILES string of the molecule is CCC1CCC(Nc2ccc(C(=O)O)c(F)c2F)CC1. The Balaban J connectivity index is 2.07. The first-order valence-electron chi connectivity index (χ1n) is 7.00. The zero-order valence-electron chi connectivity index (χ0n) is 11.5. The van der Waals surface area contributed by atoms with E-state index in [-0.39, 0.29) is 11.7 Å². The average molecular weight is 283 g/mol. The summed E-state index contributed by atoms with van der Waals surface area (Å²) in [6, 6.07) is 2.52. The Morgan fingerprint density at radius 3 is 2.45 bits per heavy atom. The molecule has 0 atom stereocenters. The van der Waals surface area contributed by atoms with Crippen molar-refractivity contribution in [2.24, 2.45) is 5.92 Å². The molecule has 0 aromatic heterocycles. The Morgan fingerprint density at radius 1 is 1.25 bits per heavy atom. The first-order chi connectivity index (χ1) is 9.52. The molecule has 110 valence electrons. The van der Waals surface area contributed by atoms with Gasteiger partial charge in [-0.3, -0.25) is 0 Å². The van der Waals surface area contributed by atoms with Crippen molar-refractivity contribution < 1.29 is 18.7 Å². The number of benzene rings is 1. The normalized spacial score (nSPS) is 22.6. The van der Waals surface area contributed by atoms with E-state index in [0.29, 0.717) is 0 Å². The van der Waals surface area contributed by atoms with Crippen molar-refractivity contribution in [3.8, 4) is 0 Å². The van der Waals surface area contributed by atoms with Crippen LogP contribution in [-0.4, -0.2) is 17.1 Å². The van der Waals surface area contributed by atoms with Crippen molar-refractivity contribution in [1.82, 2.24) is 0 Å². The molecule has 0 amide bonds. The number of hydrogen-bond acceptors (Lipinski definition) is 2. The fourth-order valence-electron chi connectivity index (χ4n) is 2.76. The van der Waals surface area contributed by atoms with Crippen LogP contribution < -0.4 is 5.32 Å². The predicted molar refractivity (Wildman–Crippen MR) is 73.0 cm³/mol. The number of halogens is 2. The monoisotopic (exact) mass is 283 g/mol. The second-order valence-electron chi connectivity index (χ2n) is 5.36. The van der Waals surface area contributed by atoms with Crippen LogP contribution in [0.25, 0.3) is 0 Å². The summed E-state index contributed by atoms with van der Waals surface area (Å²) in [5.74, 6) is -3.15. The van der Waals surface area contributed by atoms with Gasteiger partial charge in [0.1, 0.15) is 0 Å². The molecule has 1 aromatic rings. The van der Waals surface area contributed by atoms with Crippen LogP contribution in [0.15, 0.2) is 12.1 Å². The first-order valence-corrected chi connectivity index (χ1v) is 7.00. The number of aromatic carboxylic acids is 1. The molecule has 3 nitrogen and oxygen atoms in total. The number of carboxylic acid groups (broad SMARTS) is 1. The van der Waals surface area contributed by atoms with Gasteiger partial charge in [-0.15, -0.1) is 0 Å². The highest BCUT2D eigenvalue weighted by Crippen LogP contribution is 2.30. The van der Waals surface area contributed by atoms with E-state index in [2.05, 4.69) is 12.2 Å². The molecule has 0 bridgehead atoms. The number of anilines is 1. The van der Waals surface area contributed by atoms with Gasteiger partial charge < -0.3 is 10.4 Å². The van der Waals surface area contributed by atoms with Crippen LogP contribution >= 0.6 is 0 Å². The van der Waals surface area contributed by atoms with E-state index in [1.807, 2.05) is 0 Å². The van der Waals surface area contributed by atoms with Crippen LogP contribution in [0.5, 0.6) is 0 Å². The van der Waals surface area contributed by atoms with Crippen molar-refractivity contribution in [3.05, 3.63) is 29.3 Å². The number of carbonyl (C=O) groups is 1. The highest BCUT2D eigenvalue weighted by Gasteiger charge is 2.23. The second-order valence-corrected chi connectivity index (χ2v) is 5.36. The van der Waals surface area contributed by atoms with Crippen LogP contribution in [0.1, 0.15) is 49.4 Å². The lowest BCUT2D eigenvalue weighted by atomic mass is 9.84. The van der Waals surface area contributed by atoms with Crippen LogP contribution in [-0.2, 0) is 0 Å². The molecule has 0 saturated heterocycles. The van der Waals surface area contributed by atoms with E-state index in [4.69, 9.17) is 5.11 Å². The number of hydrogen-bond donors (Lipinski definition) is 2. The molecule has 20 heavy (non-hydrogen) atoms. The van der Waals surface area contributed by atoms with Gasteiger partial charge in [0.25, 0.3) is 0 Å². The van der Waals surface area contributed by atoms with Gasteiger partial charge in [-0.05, 0) is 43.7 Å². The molecule has 1 aliphatic rings. The molecule has 0 unspecified atom stereocenters.